The zero-order valence-corrected chi connectivity index (χ0v) is 30.3. The maximum Gasteiger partial charge on any atom is 0.175 e. The molecule has 262 valence electrons. The van der Waals surface area contributed by atoms with Crippen LogP contribution in [0.25, 0.3) is 105 Å². The van der Waals surface area contributed by atoms with Crippen LogP contribution in [0.15, 0.2) is 205 Å². The zero-order valence-electron chi connectivity index (χ0n) is 30.3. The molecule has 0 unspecified atom stereocenters. The van der Waals surface area contributed by atoms with E-state index in [1.54, 1.807) is 0 Å². The maximum atomic E-state index is 7.35. The summed E-state index contributed by atoms with van der Waals surface area (Å²) in [6, 6.07) is 72.0. The normalized spacial score (nSPS) is 11.9. The van der Waals surface area contributed by atoms with Gasteiger partial charge in [-0.3, -0.25) is 0 Å². The predicted molar refractivity (Wildman–Crippen MR) is 233 cm³/mol. The smallest absolute Gasteiger partial charge is 0.175 e. The van der Waals surface area contributed by atoms with E-state index < -0.39 is 0 Å². The molecule has 12 aromatic rings. The summed E-state index contributed by atoms with van der Waals surface area (Å²) in [5.41, 5.74) is 13.7. The number of rotatable bonds is 4. The Morgan fingerprint density at radius 2 is 0.732 bits per heavy atom. The lowest BCUT2D eigenvalue weighted by Gasteiger charge is -2.19. The Morgan fingerprint density at radius 1 is 0.286 bits per heavy atom. The molecule has 12 rings (SSSR count). The highest BCUT2D eigenvalue weighted by atomic mass is 16.3. The zero-order chi connectivity index (χ0) is 36.7. The summed E-state index contributed by atoms with van der Waals surface area (Å²) < 4.78 is 14.5. The molecule has 0 aliphatic heterocycles. The van der Waals surface area contributed by atoms with Crippen molar-refractivity contribution in [2.24, 2.45) is 0 Å². The molecule has 0 saturated carbocycles. The third-order valence-corrected chi connectivity index (χ3v) is 11.5. The van der Waals surface area contributed by atoms with Gasteiger partial charge in [0.2, 0.25) is 0 Å². The number of nitrogens with zero attached hydrogens (tertiary/aromatic N) is 3. The molecule has 0 radical (unpaired) electrons. The molecule has 0 aliphatic carbocycles. The first-order valence-electron chi connectivity index (χ1n) is 19.1. The van der Waals surface area contributed by atoms with Crippen LogP contribution in [-0.2, 0) is 0 Å². The lowest BCUT2D eigenvalue weighted by Crippen LogP contribution is -2.02. The van der Waals surface area contributed by atoms with Gasteiger partial charge >= 0.3 is 0 Å². The van der Waals surface area contributed by atoms with Gasteiger partial charge in [-0.25, -0.2) is 0 Å². The van der Waals surface area contributed by atoms with E-state index in [-0.39, 0.29) is 0 Å². The number of hydrogen-bond acceptors (Lipinski definition) is 1. The molecule has 9 aromatic carbocycles. The predicted octanol–water partition coefficient (Wildman–Crippen LogP) is 14.0. The minimum absolute atomic E-state index is 0.823. The van der Waals surface area contributed by atoms with Crippen molar-refractivity contribution in [2.75, 3.05) is 0 Å². The van der Waals surface area contributed by atoms with E-state index in [9.17, 15) is 0 Å². The molecule has 4 heteroatoms. The van der Waals surface area contributed by atoms with Crippen molar-refractivity contribution in [1.29, 1.82) is 0 Å². The van der Waals surface area contributed by atoms with Crippen molar-refractivity contribution in [2.45, 2.75) is 0 Å². The van der Waals surface area contributed by atoms with Crippen molar-refractivity contribution in [3.05, 3.63) is 200 Å². The fourth-order valence-corrected chi connectivity index (χ4v) is 9.10. The molecular weight excluding hydrogens is 683 g/mol. The van der Waals surface area contributed by atoms with Gasteiger partial charge in [-0.15, -0.1) is 0 Å². The lowest BCUT2D eigenvalue weighted by atomic mass is 9.93. The first-order chi connectivity index (χ1) is 27.8. The van der Waals surface area contributed by atoms with Gasteiger partial charge in [-0.2, -0.15) is 0 Å². The number of benzene rings is 9. The van der Waals surface area contributed by atoms with Gasteiger partial charge in [0.15, 0.2) is 11.2 Å². The summed E-state index contributed by atoms with van der Waals surface area (Å²) >= 11 is 0. The van der Waals surface area contributed by atoms with Crippen LogP contribution >= 0.6 is 0 Å². The topological polar surface area (TPSA) is 27.9 Å². The first kappa shape index (κ1) is 30.9. The summed E-state index contributed by atoms with van der Waals surface area (Å²) in [6.45, 7) is 0. The van der Waals surface area contributed by atoms with Gasteiger partial charge in [-0.1, -0.05) is 121 Å². The summed E-state index contributed by atoms with van der Waals surface area (Å²) in [5.74, 6) is 0. The third-order valence-electron chi connectivity index (χ3n) is 11.5. The van der Waals surface area contributed by atoms with Crippen molar-refractivity contribution >= 4 is 76.6 Å². The number of aromatic nitrogens is 3. The van der Waals surface area contributed by atoms with E-state index >= 15 is 0 Å². The Hall–Kier alpha value is -7.56. The fraction of sp³-hybridized carbons (Fsp3) is 0. The van der Waals surface area contributed by atoms with Gasteiger partial charge in [0.1, 0.15) is 0 Å². The Balaban J connectivity index is 1.30. The summed E-state index contributed by atoms with van der Waals surface area (Å²) in [4.78, 5) is 0. The Morgan fingerprint density at radius 3 is 1.36 bits per heavy atom. The molecule has 0 atom stereocenters. The van der Waals surface area contributed by atoms with Gasteiger partial charge in [-0.05, 0) is 101 Å². The van der Waals surface area contributed by atoms with Crippen LogP contribution in [0.2, 0.25) is 0 Å². The van der Waals surface area contributed by atoms with Crippen LogP contribution in [0.1, 0.15) is 0 Å². The van der Waals surface area contributed by atoms with Gasteiger partial charge in [0, 0.05) is 38.6 Å². The average molecular weight is 716 g/mol. The Labute approximate surface area is 322 Å². The molecule has 0 aliphatic rings. The quantitative estimate of drug-likeness (QED) is 0.132. The van der Waals surface area contributed by atoms with Crippen LogP contribution in [-0.4, -0.2) is 13.7 Å². The molecule has 4 nitrogen and oxygen atoms in total. The first-order valence-corrected chi connectivity index (χ1v) is 19.1. The molecule has 3 heterocycles. The van der Waals surface area contributed by atoms with E-state index in [2.05, 4.69) is 214 Å². The SMILES string of the molecule is c1ccc(-n2c3ccccc3c3cc(-c4cc5c6oc7c(cccc7n5-c5ccccc5)n(-c5ccccc5)c5ccccc5c5cccc4c56)ccc32)cc1. The number of hydrogen-bond donors (Lipinski definition) is 0. The Kier molecular flexibility index (Phi) is 6.60. The van der Waals surface area contributed by atoms with Crippen molar-refractivity contribution in [3.63, 3.8) is 0 Å². The highest BCUT2D eigenvalue weighted by Crippen LogP contribution is 2.44. The molecule has 0 amide bonds. The van der Waals surface area contributed by atoms with Crippen molar-refractivity contribution < 1.29 is 4.42 Å². The maximum absolute atomic E-state index is 7.35. The minimum atomic E-state index is 0.823. The highest BCUT2D eigenvalue weighted by Gasteiger charge is 2.22. The molecule has 0 saturated heterocycles. The molecule has 56 heavy (non-hydrogen) atoms. The van der Waals surface area contributed by atoms with Crippen LogP contribution in [0.5, 0.6) is 0 Å². The minimum Gasteiger partial charge on any atom is -0.450 e. The largest absolute Gasteiger partial charge is 0.450 e. The fourth-order valence-electron chi connectivity index (χ4n) is 9.10. The third kappa shape index (κ3) is 4.41. The molecule has 6 bridgehead atoms. The summed E-state index contributed by atoms with van der Waals surface area (Å²) in [7, 11) is 0. The van der Waals surface area contributed by atoms with Crippen molar-refractivity contribution in [1.82, 2.24) is 13.7 Å². The van der Waals surface area contributed by atoms with Crippen LogP contribution < -0.4 is 0 Å². The molecule has 0 fully saturated rings. The molecular formula is C52H33N3O. The molecule has 0 N–H and O–H groups in total. The summed E-state index contributed by atoms with van der Waals surface area (Å²) in [5, 5.41) is 6.95. The highest BCUT2D eigenvalue weighted by molar-refractivity contribution is 6.24. The second kappa shape index (κ2) is 12.0. The number of para-hydroxylation sites is 6. The Bertz CT molecular complexity index is 3510. The monoisotopic (exact) mass is 715 g/mol. The van der Waals surface area contributed by atoms with Crippen molar-refractivity contribution in [3.8, 4) is 28.2 Å². The van der Waals surface area contributed by atoms with E-state index in [1.165, 1.54) is 21.8 Å². The van der Waals surface area contributed by atoms with E-state index in [0.717, 1.165) is 83.0 Å². The second-order valence-corrected chi connectivity index (χ2v) is 14.5. The van der Waals surface area contributed by atoms with E-state index in [0.29, 0.717) is 0 Å². The van der Waals surface area contributed by atoms with Crippen LogP contribution in [0.3, 0.4) is 0 Å². The molecule has 0 spiro atoms. The lowest BCUT2D eigenvalue weighted by molar-refractivity contribution is 0.659. The van der Waals surface area contributed by atoms with Gasteiger partial charge in [0.05, 0.1) is 33.1 Å². The molecule has 3 aromatic heterocycles. The standard InChI is InChI=1S/C52H33N3O/c1-4-16-35(17-5-1)53-45-27-13-11-23-39(45)43-32-34(30-31-46(43)53)42-33-49-52-50-40(24-14-25-41(42)50)38-22-10-12-26-44(38)54(36-18-6-2-7-19-36)47-28-15-29-48(51(47)56-52)55(49)37-20-8-3-9-21-37/h1-33H. The average Bonchev–Trinajstić information content (AvgIpc) is 3.62. The van der Waals surface area contributed by atoms with Gasteiger partial charge in [0.25, 0.3) is 0 Å². The number of fused-ring (bicyclic) bond motifs is 5. The van der Waals surface area contributed by atoms with Crippen LogP contribution in [0, 0.1) is 0 Å². The van der Waals surface area contributed by atoms with E-state index in [1.807, 2.05) is 0 Å². The van der Waals surface area contributed by atoms with E-state index in [4.69, 9.17) is 4.42 Å². The summed E-state index contributed by atoms with van der Waals surface area (Å²) in [6.07, 6.45) is 0. The second-order valence-electron chi connectivity index (χ2n) is 14.5. The van der Waals surface area contributed by atoms with Gasteiger partial charge < -0.3 is 18.1 Å². The van der Waals surface area contributed by atoms with Crippen LogP contribution in [0.4, 0.5) is 0 Å².